The van der Waals surface area contributed by atoms with E-state index in [4.69, 9.17) is 5.73 Å². The van der Waals surface area contributed by atoms with E-state index in [-0.39, 0.29) is 18.6 Å². The lowest BCUT2D eigenvalue weighted by Crippen LogP contribution is -2.43. The minimum absolute atomic E-state index is 0.0788. The molecule has 7 heteroatoms. The summed E-state index contributed by atoms with van der Waals surface area (Å²) in [5.41, 5.74) is 5.82. The van der Waals surface area contributed by atoms with E-state index in [0.29, 0.717) is 11.9 Å². The van der Waals surface area contributed by atoms with Gasteiger partial charge in [0.15, 0.2) is 0 Å². The standard InChI is InChI=1S/C13H24N6O/c1-3-18(4-2)12-15-11(14)16-13(17-12)19-8-6-5-7-10(19)9-20/h10,20H,3-9H2,1-2H3,(H2,14,15,16,17). The van der Waals surface area contributed by atoms with Crippen LogP contribution in [0, 0.1) is 0 Å². The molecule has 1 saturated heterocycles. The molecule has 2 rings (SSSR count). The van der Waals surface area contributed by atoms with Crippen LogP contribution >= 0.6 is 0 Å². The summed E-state index contributed by atoms with van der Waals surface area (Å²) in [5, 5.41) is 9.51. The molecule has 1 aliphatic heterocycles. The summed E-state index contributed by atoms with van der Waals surface area (Å²) < 4.78 is 0. The summed E-state index contributed by atoms with van der Waals surface area (Å²) in [4.78, 5) is 17.1. The van der Waals surface area contributed by atoms with Crippen LogP contribution in [0.1, 0.15) is 33.1 Å². The van der Waals surface area contributed by atoms with Gasteiger partial charge in [-0.3, -0.25) is 0 Å². The highest BCUT2D eigenvalue weighted by Crippen LogP contribution is 2.23. The number of nitrogens with zero attached hydrogens (tertiary/aromatic N) is 5. The predicted molar refractivity (Wildman–Crippen MR) is 79.9 cm³/mol. The molecule has 0 radical (unpaired) electrons. The van der Waals surface area contributed by atoms with Crippen molar-refractivity contribution in [3.8, 4) is 0 Å². The fraction of sp³-hybridized carbons (Fsp3) is 0.769. The van der Waals surface area contributed by atoms with Crippen molar-refractivity contribution in [1.29, 1.82) is 0 Å². The number of rotatable bonds is 5. The summed E-state index contributed by atoms with van der Waals surface area (Å²) in [5.74, 6) is 1.43. The van der Waals surface area contributed by atoms with Crippen molar-refractivity contribution in [1.82, 2.24) is 15.0 Å². The molecule has 7 nitrogen and oxygen atoms in total. The smallest absolute Gasteiger partial charge is 0.232 e. The molecular formula is C13H24N6O. The zero-order valence-corrected chi connectivity index (χ0v) is 12.3. The van der Waals surface area contributed by atoms with Gasteiger partial charge in [-0.25, -0.2) is 0 Å². The summed E-state index contributed by atoms with van der Waals surface area (Å²) in [6, 6.07) is 0.0788. The van der Waals surface area contributed by atoms with E-state index < -0.39 is 0 Å². The molecule has 1 aromatic heterocycles. The van der Waals surface area contributed by atoms with Crippen LogP contribution in [0.4, 0.5) is 17.8 Å². The van der Waals surface area contributed by atoms with Crippen molar-refractivity contribution in [3.63, 3.8) is 0 Å². The lowest BCUT2D eigenvalue weighted by atomic mass is 10.0. The highest BCUT2D eigenvalue weighted by Gasteiger charge is 2.25. The fourth-order valence-electron chi connectivity index (χ4n) is 2.60. The minimum Gasteiger partial charge on any atom is -0.394 e. The second-order valence-corrected chi connectivity index (χ2v) is 4.99. The molecule has 1 unspecified atom stereocenters. The van der Waals surface area contributed by atoms with Gasteiger partial charge in [-0.05, 0) is 33.1 Å². The van der Waals surface area contributed by atoms with Crippen molar-refractivity contribution < 1.29 is 5.11 Å². The van der Waals surface area contributed by atoms with E-state index in [1.54, 1.807) is 0 Å². The molecular weight excluding hydrogens is 256 g/mol. The zero-order chi connectivity index (χ0) is 14.5. The molecule has 1 aromatic rings. The van der Waals surface area contributed by atoms with Gasteiger partial charge >= 0.3 is 0 Å². The number of aliphatic hydroxyl groups is 1. The summed E-state index contributed by atoms with van der Waals surface area (Å²) in [6.45, 7) is 6.73. The number of hydrogen-bond acceptors (Lipinski definition) is 7. The topological polar surface area (TPSA) is 91.4 Å². The molecule has 20 heavy (non-hydrogen) atoms. The zero-order valence-electron chi connectivity index (χ0n) is 12.3. The summed E-state index contributed by atoms with van der Waals surface area (Å²) in [6.07, 6.45) is 3.18. The van der Waals surface area contributed by atoms with Crippen LogP contribution in [0.25, 0.3) is 0 Å². The minimum atomic E-state index is 0.0788. The largest absolute Gasteiger partial charge is 0.394 e. The van der Waals surface area contributed by atoms with E-state index in [9.17, 15) is 5.11 Å². The fourth-order valence-corrected chi connectivity index (χ4v) is 2.60. The van der Waals surface area contributed by atoms with E-state index in [2.05, 4.69) is 33.7 Å². The molecule has 1 aliphatic rings. The average molecular weight is 280 g/mol. The van der Waals surface area contributed by atoms with Crippen LogP contribution in [0.5, 0.6) is 0 Å². The monoisotopic (exact) mass is 280 g/mol. The molecule has 3 N–H and O–H groups in total. The van der Waals surface area contributed by atoms with Gasteiger partial charge in [0.05, 0.1) is 12.6 Å². The molecule has 0 saturated carbocycles. The van der Waals surface area contributed by atoms with Crippen molar-refractivity contribution in [2.45, 2.75) is 39.2 Å². The second kappa shape index (κ2) is 6.69. The van der Waals surface area contributed by atoms with Crippen molar-refractivity contribution in [2.24, 2.45) is 0 Å². The Morgan fingerprint density at radius 3 is 2.65 bits per heavy atom. The molecule has 1 fully saturated rings. The van der Waals surface area contributed by atoms with Gasteiger partial charge in [0.25, 0.3) is 0 Å². The van der Waals surface area contributed by atoms with Crippen LogP contribution in [0.3, 0.4) is 0 Å². The van der Waals surface area contributed by atoms with Gasteiger partial charge < -0.3 is 20.6 Å². The number of aromatic nitrogens is 3. The molecule has 0 spiro atoms. The first kappa shape index (κ1) is 14.8. The Balaban J connectivity index is 2.30. The lowest BCUT2D eigenvalue weighted by molar-refractivity contribution is 0.239. The Kier molecular flexibility index (Phi) is 4.94. The SMILES string of the molecule is CCN(CC)c1nc(N)nc(N2CCCCC2CO)n1. The van der Waals surface area contributed by atoms with Crippen LogP contribution in [0.15, 0.2) is 0 Å². The number of piperidine rings is 1. The van der Waals surface area contributed by atoms with Crippen LogP contribution in [0.2, 0.25) is 0 Å². The number of nitrogens with two attached hydrogens (primary N) is 1. The van der Waals surface area contributed by atoms with Gasteiger partial charge in [-0.1, -0.05) is 0 Å². The van der Waals surface area contributed by atoms with Crippen molar-refractivity contribution >= 4 is 17.8 Å². The third kappa shape index (κ3) is 3.09. The van der Waals surface area contributed by atoms with Crippen LogP contribution in [-0.2, 0) is 0 Å². The molecule has 0 aliphatic carbocycles. The van der Waals surface area contributed by atoms with Crippen molar-refractivity contribution in [2.75, 3.05) is 41.8 Å². The predicted octanol–water partition coefficient (Wildman–Crippen LogP) is 0.651. The maximum absolute atomic E-state index is 9.51. The summed E-state index contributed by atoms with van der Waals surface area (Å²) >= 11 is 0. The molecule has 0 aromatic carbocycles. The Morgan fingerprint density at radius 2 is 2.00 bits per heavy atom. The molecule has 1 atom stereocenters. The van der Waals surface area contributed by atoms with Crippen LogP contribution in [-0.4, -0.2) is 52.3 Å². The Morgan fingerprint density at radius 1 is 1.25 bits per heavy atom. The first-order valence-electron chi connectivity index (χ1n) is 7.33. The number of anilines is 3. The maximum Gasteiger partial charge on any atom is 0.232 e. The van der Waals surface area contributed by atoms with E-state index in [0.717, 1.165) is 38.9 Å². The third-order valence-corrected chi connectivity index (χ3v) is 3.77. The van der Waals surface area contributed by atoms with E-state index in [1.165, 1.54) is 0 Å². The third-order valence-electron chi connectivity index (χ3n) is 3.77. The van der Waals surface area contributed by atoms with E-state index >= 15 is 0 Å². The number of nitrogen functional groups attached to an aromatic ring is 1. The van der Waals surface area contributed by atoms with Crippen molar-refractivity contribution in [3.05, 3.63) is 0 Å². The van der Waals surface area contributed by atoms with E-state index in [1.807, 2.05) is 4.90 Å². The number of aliphatic hydroxyl groups excluding tert-OH is 1. The first-order chi connectivity index (χ1) is 9.69. The quantitative estimate of drug-likeness (QED) is 0.818. The van der Waals surface area contributed by atoms with Gasteiger partial charge in [0.1, 0.15) is 0 Å². The Labute approximate surface area is 119 Å². The Hall–Kier alpha value is -1.63. The molecule has 0 amide bonds. The summed E-state index contributed by atoms with van der Waals surface area (Å²) in [7, 11) is 0. The number of hydrogen-bond donors (Lipinski definition) is 2. The molecule has 2 heterocycles. The molecule has 0 bridgehead atoms. The second-order valence-electron chi connectivity index (χ2n) is 4.99. The van der Waals surface area contributed by atoms with Gasteiger partial charge in [-0.2, -0.15) is 15.0 Å². The average Bonchev–Trinajstić information content (AvgIpc) is 2.48. The highest BCUT2D eigenvalue weighted by atomic mass is 16.3. The van der Waals surface area contributed by atoms with Gasteiger partial charge in [-0.15, -0.1) is 0 Å². The highest BCUT2D eigenvalue weighted by molar-refractivity contribution is 5.44. The molecule has 112 valence electrons. The Bertz CT molecular complexity index is 437. The maximum atomic E-state index is 9.51. The normalized spacial score (nSPS) is 19.1. The van der Waals surface area contributed by atoms with Gasteiger partial charge in [0, 0.05) is 19.6 Å². The lowest BCUT2D eigenvalue weighted by Gasteiger charge is -2.35. The van der Waals surface area contributed by atoms with Gasteiger partial charge in [0.2, 0.25) is 17.8 Å². The van der Waals surface area contributed by atoms with Crippen LogP contribution < -0.4 is 15.5 Å². The first-order valence-corrected chi connectivity index (χ1v) is 7.33.